The minimum absolute atomic E-state index is 0.0951. The predicted molar refractivity (Wildman–Crippen MR) is 71.7 cm³/mol. The minimum Gasteiger partial charge on any atom is -0.320 e. The van der Waals surface area contributed by atoms with Gasteiger partial charge >= 0.3 is 0 Å². The summed E-state index contributed by atoms with van der Waals surface area (Å²) in [5, 5.41) is 6.08. The Labute approximate surface area is 115 Å². The van der Waals surface area contributed by atoms with Crippen LogP contribution < -0.4 is 10.5 Å². The minimum atomic E-state index is -3.87. The van der Waals surface area contributed by atoms with Crippen molar-refractivity contribution in [3.05, 3.63) is 42.0 Å². The van der Waals surface area contributed by atoms with Crippen molar-refractivity contribution in [3.8, 4) is 11.8 Å². The zero-order chi connectivity index (χ0) is 14.6. The highest BCUT2D eigenvalue weighted by atomic mass is 32.2. The molecule has 4 N–H and O–H groups in total. The molecular weight excluding hydrogens is 283 g/mol. The average Bonchev–Trinajstić information content (AvgIpc) is 2.89. The molecule has 0 saturated carbocycles. The fourth-order valence-electron chi connectivity index (χ4n) is 1.43. The van der Waals surface area contributed by atoms with E-state index in [4.69, 9.17) is 5.73 Å². The Kier molecular flexibility index (Phi) is 4.02. The van der Waals surface area contributed by atoms with Crippen LogP contribution in [0, 0.1) is 17.7 Å². The maximum atomic E-state index is 13.7. The lowest BCUT2D eigenvalue weighted by Gasteiger charge is -2.06. The van der Waals surface area contributed by atoms with Crippen molar-refractivity contribution >= 4 is 15.7 Å². The van der Waals surface area contributed by atoms with Crippen molar-refractivity contribution in [2.75, 3.05) is 11.3 Å². The van der Waals surface area contributed by atoms with Crippen LogP contribution in [-0.4, -0.2) is 25.2 Å². The summed E-state index contributed by atoms with van der Waals surface area (Å²) in [4.78, 5) is -0.200. The lowest BCUT2D eigenvalue weighted by atomic mass is 10.2. The van der Waals surface area contributed by atoms with Crippen LogP contribution in [0.3, 0.4) is 0 Å². The Balaban J connectivity index is 2.31. The first kappa shape index (κ1) is 14.0. The van der Waals surface area contributed by atoms with Gasteiger partial charge < -0.3 is 5.73 Å². The molecule has 0 fully saturated rings. The van der Waals surface area contributed by atoms with Crippen LogP contribution in [0.2, 0.25) is 0 Å². The number of hydrogen-bond donors (Lipinski definition) is 3. The lowest BCUT2D eigenvalue weighted by Crippen LogP contribution is -2.12. The van der Waals surface area contributed by atoms with Gasteiger partial charge in [0.25, 0.3) is 10.0 Å². The number of H-pyrrole nitrogens is 1. The zero-order valence-corrected chi connectivity index (χ0v) is 11.0. The van der Waals surface area contributed by atoms with E-state index in [1.807, 2.05) is 0 Å². The monoisotopic (exact) mass is 294 g/mol. The Hall–Kier alpha value is -2.37. The van der Waals surface area contributed by atoms with Gasteiger partial charge in [-0.1, -0.05) is 11.8 Å². The smallest absolute Gasteiger partial charge is 0.262 e. The Morgan fingerprint density at radius 3 is 2.85 bits per heavy atom. The first-order valence-electron chi connectivity index (χ1n) is 5.53. The molecular formula is C12H11FN4O2S. The molecule has 1 aromatic heterocycles. The molecule has 0 unspecified atom stereocenters. The second-order valence-corrected chi connectivity index (χ2v) is 5.42. The number of nitrogens with zero attached hydrogens (tertiary/aromatic N) is 1. The molecule has 6 nitrogen and oxygen atoms in total. The Bertz CT molecular complexity index is 760. The Morgan fingerprint density at radius 1 is 1.45 bits per heavy atom. The molecule has 0 aliphatic rings. The normalized spacial score (nSPS) is 10.7. The number of halogens is 1. The van der Waals surface area contributed by atoms with Crippen molar-refractivity contribution in [2.45, 2.75) is 4.90 Å². The highest BCUT2D eigenvalue weighted by Crippen LogP contribution is 2.17. The predicted octanol–water partition coefficient (Wildman–Crippen LogP) is 0.660. The summed E-state index contributed by atoms with van der Waals surface area (Å²) in [6.45, 7) is 0.0987. The van der Waals surface area contributed by atoms with Crippen LogP contribution in [0.1, 0.15) is 5.56 Å². The quantitative estimate of drug-likeness (QED) is 0.724. The van der Waals surface area contributed by atoms with E-state index in [9.17, 15) is 12.8 Å². The number of anilines is 1. The van der Waals surface area contributed by atoms with E-state index in [0.29, 0.717) is 0 Å². The summed E-state index contributed by atoms with van der Waals surface area (Å²) >= 11 is 0. The number of aromatic nitrogens is 2. The van der Waals surface area contributed by atoms with E-state index in [1.165, 1.54) is 24.5 Å². The van der Waals surface area contributed by atoms with Gasteiger partial charge in [-0.2, -0.15) is 5.10 Å². The number of benzene rings is 1. The molecule has 2 aromatic rings. The second kappa shape index (κ2) is 5.73. The van der Waals surface area contributed by atoms with Gasteiger partial charge in [0, 0.05) is 6.20 Å². The van der Waals surface area contributed by atoms with Gasteiger partial charge in [-0.05, 0) is 18.2 Å². The number of aromatic amines is 1. The van der Waals surface area contributed by atoms with Gasteiger partial charge in [-0.3, -0.25) is 9.82 Å². The number of nitrogens with one attached hydrogen (secondary N) is 2. The fraction of sp³-hybridized carbons (Fsp3) is 0.0833. The zero-order valence-electron chi connectivity index (χ0n) is 10.2. The van der Waals surface area contributed by atoms with E-state index >= 15 is 0 Å². The van der Waals surface area contributed by atoms with Gasteiger partial charge in [0.1, 0.15) is 5.82 Å². The SMILES string of the molecule is NCC#Cc1ccc(S(=O)(=O)Nc2cn[nH]c2)cc1F. The Morgan fingerprint density at radius 2 is 2.25 bits per heavy atom. The molecule has 0 amide bonds. The molecule has 104 valence electrons. The number of hydrogen-bond acceptors (Lipinski definition) is 4. The lowest BCUT2D eigenvalue weighted by molar-refractivity contribution is 0.594. The molecule has 1 aromatic carbocycles. The van der Waals surface area contributed by atoms with E-state index in [1.54, 1.807) is 0 Å². The summed E-state index contributed by atoms with van der Waals surface area (Å²) in [7, 11) is -3.87. The standard InChI is InChI=1S/C12H11FN4O2S/c13-12-6-11(4-3-9(12)2-1-5-14)20(18,19)17-10-7-15-16-8-10/h3-4,6-8,17H,5,14H2,(H,15,16). The third kappa shape index (κ3) is 3.14. The first-order chi connectivity index (χ1) is 9.53. The van der Waals surface area contributed by atoms with Crippen molar-refractivity contribution in [1.29, 1.82) is 0 Å². The van der Waals surface area contributed by atoms with Crippen LogP contribution in [0.15, 0.2) is 35.5 Å². The molecule has 8 heteroatoms. The highest BCUT2D eigenvalue weighted by molar-refractivity contribution is 7.92. The van der Waals surface area contributed by atoms with Gasteiger partial charge in [0.15, 0.2) is 0 Å². The van der Waals surface area contributed by atoms with Crippen LogP contribution in [0.5, 0.6) is 0 Å². The largest absolute Gasteiger partial charge is 0.320 e. The van der Waals surface area contributed by atoms with E-state index in [2.05, 4.69) is 26.8 Å². The van der Waals surface area contributed by atoms with Gasteiger partial charge in [-0.25, -0.2) is 12.8 Å². The highest BCUT2D eigenvalue weighted by Gasteiger charge is 2.16. The maximum absolute atomic E-state index is 13.7. The van der Waals surface area contributed by atoms with Crippen LogP contribution in [0.4, 0.5) is 10.1 Å². The van der Waals surface area contributed by atoms with Crippen molar-refractivity contribution < 1.29 is 12.8 Å². The van der Waals surface area contributed by atoms with E-state index in [-0.39, 0.29) is 22.7 Å². The molecule has 0 spiro atoms. The molecule has 0 bridgehead atoms. The maximum Gasteiger partial charge on any atom is 0.262 e. The molecule has 0 radical (unpaired) electrons. The molecule has 0 aliphatic heterocycles. The summed E-state index contributed by atoms with van der Waals surface area (Å²) in [6.07, 6.45) is 2.67. The van der Waals surface area contributed by atoms with E-state index < -0.39 is 15.8 Å². The number of rotatable bonds is 3. The van der Waals surface area contributed by atoms with Crippen molar-refractivity contribution in [2.24, 2.45) is 5.73 Å². The van der Waals surface area contributed by atoms with E-state index in [0.717, 1.165) is 6.07 Å². The molecule has 2 rings (SSSR count). The summed E-state index contributed by atoms with van der Waals surface area (Å²) in [5.41, 5.74) is 5.55. The third-order valence-electron chi connectivity index (χ3n) is 2.33. The number of sulfonamides is 1. The molecule has 1 heterocycles. The summed E-state index contributed by atoms with van der Waals surface area (Å²) in [5.74, 6) is 4.30. The van der Waals surface area contributed by atoms with Gasteiger partial charge in [-0.15, -0.1) is 0 Å². The van der Waals surface area contributed by atoms with Crippen LogP contribution in [0.25, 0.3) is 0 Å². The molecule has 0 atom stereocenters. The molecule has 0 aliphatic carbocycles. The van der Waals surface area contributed by atoms with Gasteiger partial charge in [0.05, 0.1) is 28.9 Å². The topological polar surface area (TPSA) is 101 Å². The molecule has 0 saturated heterocycles. The second-order valence-electron chi connectivity index (χ2n) is 3.74. The summed E-state index contributed by atoms with van der Waals surface area (Å²) < 4.78 is 40.0. The molecule has 20 heavy (non-hydrogen) atoms. The number of nitrogens with two attached hydrogens (primary N) is 1. The van der Waals surface area contributed by atoms with Crippen LogP contribution >= 0.6 is 0 Å². The fourth-order valence-corrected chi connectivity index (χ4v) is 2.48. The van der Waals surface area contributed by atoms with Gasteiger partial charge in [0.2, 0.25) is 0 Å². The average molecular weight is 294 g/mol. The first-order valence-corrected chi connectivity index (χ1v) is 7.01. The van der Waals surface area contributed by atoms with Crippen molar-refractivity contribution in [3.63, 3.8) is 0 Å². The summed E-state index contributed by atoms with van der Waals surface area (Å²) in [6, 6.07) is 3.47. The van der Waals surface area contributed by atoms with Crippen molar-refractivity contribution in [1.82, 2.24) is 10.2 Å². The van der Waals surface area contributed by atoms with Crippen LogP contribution in [-0.2, 0) is 10.0 Å². The third-order valence-corrected chi connectivity index (χ3v) is 3.71.